The molecule has 0 aliphatic rings. The number of halogens is 4. The third kappa shape index (κ3) is 5.90. The van der Waals surface area contributed by atoms with Gasteiger partial charge in [0.2, 0.25) is 10.0 Å². The molecule has 2 aromatic carbocycles. The van der Waals surface area contributed by atoms with Gasteiger partial charge in [0, 0.05) is 17.3 Å². The Bertz CT molecular complexity index is 1260. The maximum absolute atomic E-state index is 13.8. The van der Waals surface area contributed by atoms with Gasteiger partial charge in [-0.25, -0.2) is 17.8 Å². The molecule has 1 aromatic heterocycles. The van der Waals surface area contributed by atoms with Crippen molar-refractivity contribution in [1.82, 2.24) is 14.5 Å². The van der Waals surface area contributed by atoms with E-state index in [0.29, 0.717) is 9.70 Å². The van der Waals surface area contributed by atoms with Gasteiger partial charge < -0.3 is 10.4 Å². The molecule has 1 unspecified atom stereocenters. The van der Waals surface area contributed by atoms with Crippen LogP contribution in [0.15, 0.2) is 59.6 Å². The van der Waals surface area contributed by atoms with Crippen LogP contribution in [0, 0.1) is 0 Å². The summed E-state index contributed by atoms with van der Waals surface area (Å²) in [6, 6.07) is 10.4. The van der Waals surface area contributed by atoms with Crippen LogP contribution in [0.25, 0.3) is 5.69 Å². The highest BCUT2D eigenvalue weighted by molar-refractivity contribution is 7.89. The number of hydrogen-bond acceptors (Lipinski definition) is 5. The Morgan fingerprint density at radius 3 is 2.48 bits per heavy atom. The molecule has 0 bridgehead atoms. The first-order valence-corrected chi connectivity index (χ1v) is 11.2. The quantitative estimate of drug-likeness (QED) is 0.458. The van der Waals surface area contributed by atoms with Gasteiger partial charge >= 0.3 is 6.18 Å². The van der Waals surface area contributed by atoms with Gasteiger partial charge in [0.25, 0.3) is 5.91 Å². The van der Waals surface area contributed by atoms with Crippen molar-refractivity contribution in [2.75, 3.05) is 11.9 Å². The topological polar surface area (TPSA) is 113 Å². The number of nitrogens with zero attached hydrogens (tertiary/aromatic N) is 2. The van der Waals surface area contributed by atoms with E-state index in [1.54, 1.807) is 0 Å². The van der Waals surface area contributed by atoms with Crippen molar-refractivity contribution in [1.29, 1.82) is 0 Å². The van der Waals surface area contributed by atoms with Gasteiger partial charge in [-0.05, 0) is 49.4 Å². The molecule has 8 nitrogen and oxygen atoms in total. The number of aliphatic hydroxyl groups excluding tert-OH is 1. The van der Waals surface area contributed by atoms with E-state index < -0.39 is 39.5 Å². The number of hydrogen-bond donors (Lipinski definition) is 3. The van der Waals surface area contributed by atoms with Gasteiger partial charge in [-0.15, -0.1) is 0 Å². The summed E-state index contributed by atoms with van der Waals surface area (Å²) in [6.07, 6.45) is -5.07. The molecule has 0 radical (unpaired) electrons. The summed E-state index contributed by atoms with van der Waals surface area (Å²) in [5, 5.41) is 15.5. The zero-order chi connectivity index (χ0) is 24.4. The van der Waals surface area contributed by atoms with Crippen LogP contribution in [0.5, 0.6) is 0 Å². The maximum atomic E-state index is 13.8. The molecule has 0 fully saturated rings. The van der Waals surface area contributed by atoms with E-state index in [2.05, 4.69) is 15.1 Å². The highest BCUT2D eigenvalue weighted by atomic mass is 35.5. The summed E-state index contributed by atoms with van der Waals surface area (Å²) in [7, 11) is -4.01. The fourth-order valence-electron chi connectivity index (χ4n) is 2.82. The fourth-order valence-corrected chi connectivity index (χ4v) is 4.11. The molecule has 33 heavy (non-hydrogen) atoms. The minimum atomic E-state index is -4.92. The zero-order valence-corrected chi connectivity index (χ0v) is 18.5. The number of amides is 1. The molecule has 0 aliphatic carbocycles. The van der Waals surface area contributed by atoms with Gasteiger partial charge in [-0.2, -0.15) is 18.3 Å². The third-order valence-electron chi connectivity index (χ3n) is 4.32. The highest BCUT2D eigenvalue weighted by Crippen LogP contribution is 2.34. The molecular weight excluding hydrogens is 485 g/mol. The molecule has 1 heterocycles. The molecule has 0 saturated carbocycles. The molecule has 1 atom stereocenters. The average Bonchev–Trinajstić information content (AvgIpc) is 3.19. The predicted octanol–water partition coefficient (Wildman–Crippen LogP) is 3.46. The lowest BCUT2D eigenvalue weighted by Crippen LogP contribution is -2.30. The van der Waals surface area contributed by atoms with Gasteiger partial charge in [0.05, 0.1) is 28.4 Å². The van der Waals surface area contributed by atoms with E-state index in [0.717, 1.165) is 12.3 Å². The number of rotatable bonds is 7. The first-order valence-electron chi connectivity index (χ1n) is 9.39. The summed E-state index contributed by atoms with van der Waals surface area (Å²) >= 11 is 5.78. The summed E-state index contributed by atoms with van der Waals surface area (Å²) in [6.45, 7) is 1.15. The Balaban J connectivity index is 1.92. The Morgan fingerprint density at radius 1 is 1.21 bits per heavy atom. The monoisotopic (exact) mass is 502 g/mol. The third-order valence-corrected chi connectivity index (χ3v) is 6.00. The van der Waals surface area contributed by atoms with Crippen molar-refractivity contribution in [3.05, 3.63) is 71.0 Å². The first kappa shape index (κ1) is 24.7. The summed E-state index contributed by atoms with van der Waals surface area (Å²) in [5.41, 5.74) is -2.06. The minimum absolute atomic E-state index is 0.0445. The van der Waals surface area contributed by atoms with Crippen molar-refractivity contribution in [3.8, 4) is 5.69 Å². The normalized spacial score (nSPS) is 13.0. The molecule has 3 rings (SSSR count). The average molecular weight is 503 g/mol. The molecule has 0 spiro atoms. The number of benzene rings is 2. The van der Waals surface area contributed by atoms with Gasteiger partial charge in [0.15, 0.2) is 5.69 Å². The number of anilines is 1. The van der Waals surface area contributed by atoms with Crippen LogP contribution < -0.4 is 10.0 Å². The Morgan fingerprint density at radius 2 is 1.88 bits per heavy atom. The van der Waals surface area contributed by atoms with E-state index in [4.69, 9.17) is 11.6 Å². The number of carbonyl (C=O) groups is 1. The van der Waals surface area contributed by atoms with Crippen molar-refractivity contribution in [2.24, 2.45) is 0 Å². The van der Waals surface area contributed by atoms with Crippen molar-refractivity contribution in [2.45, 2.75) is 24.1 Å². The fraction of sp³-hybridized carbons (Fsp3) is 0.200. The lowest BCUT2D eigenvalue weighted by molar-refractivity contribution is -0.143. The second-order valence-electron chi connectivity index (χ2n) is 6.98. The van der Waals surface area contributed by atoms with Crippen LogP contribution in [0.3, 0.4) is 0 Å². The van der Waals surface area contributed by atoms with E-state index in [-0.39, 0.29) is 22.8 Å². The van der Waals surface area contributed by atoms with Crippen molar-refractivity contribution < 1.29 is 31.5 Å². The smallest absolute Gasteiger partial charge is 0.392 e. The Hall–Kier alpha value is -2.93. The highest BCUT2D eigenvalue weighted by Gasteiger charge is 2.40. The predicted molar refractivity (Wildman–Crippen MR) is 115 cm³/mol. The number of sulfonamides is 1. The number of nitrogens with one attached hydrogen (secondary N) is 2. The molecule has 0 aliphatic heterocycles. The maximum Gasteiger partial charge on any atom is 0.434 e. The van der Waals surface area contributed by atoms with Gasteiger partial charge in [-0.3, -0.25) is 4.79 Å². The SMILES string of the molecule is CC(O)CNS(=O)(=O)c1cccc(NC(=O)c2cnn(-c3ccc(Cl)cc3)c2C(F)(F)F)c1. The molecular formula is C20H18ClF3N4O4S. The Kier molecular flexibility index (Phi) is 7.12. The van der Waals surface area contributed by atoms with E-state index in [1.165, 1.54) is 49.4 Å². The standard InChI is InChI=1S/C20H18ClF3N4O4S/c1-12(29)10-26-33(31,32)16-4-2-3-14(9-16)27-19(30)17-11-25-28(18(17)20(22,23)24)15-7-5-13(21)6-8-15/h2-9,11-12,26,29H,10H2,1H3,(H,27,30). The van der Waals surface area contributed by atoms with Crippen LogP contribution >= 0.6 is 11.6 Å². The van der Waals surface area contributed by atoms with Crippen LogP contribution in [0.1, 0.15) is 23.0 Å². The van der Waals surface area contributed by atoms with Gasteiger partial charge in [-0.1, -0.05) is 17.7 Å². The molecule has 1 amide bonds. The number of aliphatic hydroxyl groups is 1. The largest absolute Gasteiger partial charge is 0.434 e. The molecule has 176 valence electrons. The molecule has 0 saturated heterocycles. The van der Waals surface area contributed by atoms with Crippen LogP contribution in [0.2, 0.25) is 5.02 Å². The Labute approximate surface area is 192 Å². The van der Waals surface area contributed by atoms with E-state index in [9.17, 15) is 31.5 Å². The number of aromatic nitrogens is 2. The summed E-state index contributed by atoms with van der Waals surface area (Å²) < 4.78 is 68.8. The molecule has 13 heteroatoms. The van der Waals surface area contributed by atoms with Crippen LogP contribution in [0.4, 0.5) is 18.9 Å². The summed E-state index contributed by atoms with van der Waals surface area (Å²) in [5.74, 6) is -1.13. The lowest BCUT2D eigenvalue weighted by Gasteiger charge is -2.13. The van der Waals surface area contributed by atoms with Crippen LogP contribution in [-0.4, -0.2) is 41.9 Å². The van der Waals surface area contributed by atoms with Crippen molar-refractivity contribution in [3.63, 3.8) is 0 Å². The summed E-state index contributed by atoms with van der Waals surface area (Å²) in [4.78, 5) is 12.4. The van der Waals surface area contributed by atoms with Crippen molar-refractivity contribution >= 4 is 33.2 Å². The zero-order valence-electron chi connectivity index (χ0n) is 17.0. The number of alkyl halides is 3. The second-order valence-corrected chi connectivity index (χ2v) is 9.18. The molecule has 3 aromatic rings. The van der Waals surface area contributed by atoms with Gasteiger partial charge in [0.1, 0.15) is 0 Å². The van der Waals surface area contributed by atoms with E-state index in [1.807, 2.05) is 0 Å². The van der Waals surface area contributed by atoms with E-state index >= 15 is 0 Å². The molecule has 3 N–H and O–H groups in total. The second kappa shape index (κ2) is 9.51. The minimum Gasteiger partial charge on any atom is -0.392 e. The first-order chi connectivity index (χ1) is 15.4. The lowest BCUT2D eigenvalue weighted by atomic mass is 10.2. The number of carbonyl (C=O) groups excluding carboxylic acids is 1. The van der Waals surface area contributed by atoms with Crippen LogP contribution in [-0.2, 0) is 16.2 Å².